The van der Waals surface area contributed by atoms with Gasteiger partial charge >= 0.3 is 6.18 Å². The molecule has 1 atom stereocenters. The molecule has 2 aromatic rings. The quantitative estimate of drug-likeness (QED) is 0.832. The number of aliphatic imine (C=N–C) groups is 1. The van der Waals surface area contributed by atoms with E-state index in [1.54, 1.807) is 24.3 Å². The first kappa shape index (κ1) is 14.3. The Labute approximate surface area is 124 Å². The number of alkyl halides is 3. The highest BCUT2D eigenvalue weighted by atomic mass is 19.4. The molecule has 1 N–H and O–H groups in total. The largest absolute Gasteiger partial charge is 0.416 e. The molecule has 2 aromatic carbocycles. The molecule has 1 aliphatic heterocycles. The fraction of sp³-hybridized carbons (Fsp3) is 0.125. The second kappa shape index (κ2) is 5.29. The van der Waals surface area contributed by atoms with Crippen molar-refractivity contribution in [1.29, 1.82) is 0 Å². The van der Waals surface area contributed by atoms with E-state index in [0.717, 1.165) is 17.7 Å². The molecular formula is C16H11F3N2O. The number of para-hydroxylation sites is 1. The van der Waals surface area contributed by atoms with Crippen molar-refractivity contribution in [2.45, 2.75) is 12.1 Å². The van der Waals surface area contributed by atoms with E-state index in [-0.39, 0.29) is 11.6 Å². The zero-order valence-corrected chi connectivity index (χ0v) is 11.3. The molecule has 1 unspecified atom stereocenters. The Morgan fingerprint density at radius 2 is 1.86 bits per heavy atom. The summed E-state index contributed by atoms with van der Waals surface area (Å²) in [7, 11) is 0. The predicted molar refractivity (Wildman–Crippen MR) is 77.4 cm³/mol. The monoisotopic (exact) mass is 304 g/mol. The number of rotatable bonds is 2. The van der Waals surface area contributed by atoms with Crippen molar-refractivity contribution in [2.75, 3.05) is 5.32 Å². The summed E-state index contributed by atoms with van der Waals surface area (Å²) >= 11 is 0. The second-order valence-electron chi connectivity index (χ2n) is 4.88. The van der Waals surface area contributed by atoms with E-state index in [1.807, 2.05) is 0 Å². The van der Waals surface area contributed by atoms with E-state index in [1.165, 1.54) is 18.3 Å². The van der Waals surface area contributed by atoms with Crippen molar-refractivity contribution >= 4 is 23.5 Å². The Balaban J connectivity index is 1.88. The molecular weight excluding hydrogens is 293 g/mol. The van der Waals surface area contributed by atoms with Gasteiger partial charge in [-0.1, -0.05) is 24.3 Å². The summed E-state index contributed by atoms with van der Waals surface area (Å²) in [4.78, 5) is 15.9. The number of nitrogens with one attached hydrogen (secondary N) is 1. The van der Waals surface area contributed by atoms with Crippen LogP contribution in [0.5, 0.6) is 0 Å². The van der Waals surface area contributed by atoms with Gasteiger partial charge in [-0.3, -0.25) is 9.79 Å². The molecule has 1 amide bonds. The summed E-state index contributed by atoms with van der Waals surface area (Å²) in [5.41, 5.74) is 0.863. The SMILES string of the molecule is O=C1Nc2ccccc2C1C=Nc1cccc(C(F)(F)F)c1. The highest BCUT2D eigenvalue weighted by Crippen LogP contribution is 2.33. The van der Waals surface area contributed by atoms with Crippen LogP contribution >= 0.6 is 0 Å². The van der Waals surface area contributed by atoms with E-state index >= 15 is 0 Å². The lowest BCUT2D eigenvalue weighted by molar-refractivity contribution is -0.137. The normalized spacial score (nSPS) is 17.6. The van der Waals surface area contributed by atoms with Crippen molar-refractivity contribution in [3.8, 4) is 0 Å². The van der Waals surface area contributed by atoms with Gasteiger partial charge in [0.05, 0.1) is 11.3 Å². The molecule has 0 saturated carbocycles. The summed E-state index contributed by atoms with van der Waals surface area (Å²) in [5.74, 6) is -0.831. The number of anilines is 1. The standard InChI is InChI=1S/C16H11F3N2O/c17-16(18,19)10-4-3-5-11(8-10)20-9-13-12-6-1-2-7-14(12)21-15(13)22/h1-9,13H,(H,21,22). The van der Waals surface area contributed by atoms with Crippen LogP contribution in [0.4, 0.5) is 24.5 Å². The molecule has 3 nitrogen and oxygen atoms in total. The van der Waals surface area contributed by atoms with Gasteiger partial charge in [-0.15, -0.1) is 0 Å². The Kier molecular flexibility index (Phi) is 3.44. The molecule has 0 fully saturated rings. The number of hydrogen-bond donors (Lipinski definition) is 1. The number of halogens is 3. The van der Waals surface area contributed by atoms with Crippen LogP contribution < -0.4 is 5.32 Å². The maximum Gasteiger partial charge on any atom is 0.416 e. The topological polar surface area (TPSA) is 41.5 Å². The molecule has 22 heavy (non-hydrogen) atoms. The van der Waals surface area contributed by atoms with Crippen LogP contribution in [-0.4, -0.2) is 12.1 Å². The number of fused-ring (bicyclic) bond motifs is 1. The highest BCUT2D eigenvalue weighted by Gasteiger charge is 2.31. The van der Waals surface area contributed by atoms with Gasteiger partial charge in [-0.05, 0) is 29.8 Å². The fourth-order valence-corrected chi connectivity index (χ4v) is 2.30. The van der Waals surface area contributed by atoms with Gasteiger partial charge in [0, 0.05) is 11.9 Å². The van der Waals surface area contributed by atoms with E-state index in [2.05, 4.69) is 10.3 Å². The van der Waals surface area contributed by atoms with Crippen molar-refractivity contribution in [3.63, 3.8) is 0 Å². The van der Waals surface area contributed by atoms with Gasteiger partial charge in [0.2, 0.25) is 5.91 Å². The highest BCUT2D eigenvalue weighted by molar-refractivity contribution is 6.12. The molecule has 0 spiro atoms. The van der Waals surface area contributed by atoms with Gasteiger partial charge in [-0.25, -0.2) is 0 Å². The lowest BCUT2D eigenvalue weighted by atomic mass is 10.0. The molecule has 0 aliphatic carbocycles. The van der Waals surface area contributed by atoms with Gasteiger partial charge in [0.1, 0.15) is 5.92 Å². The number of amides is 1. The van der Waals surface area contributed by atoms with Crippen molar-refractivity contribution in [3.05, 3.63) is 59.7 Å². The second-order valence-corrected chi connectivity index (χ2v) is 4.88. The summed E-state index contributed by atoms with van der Waals surface area (Å²) in [6.07, 6.45) is -3.04. The lowest BCUT2D eigenvalue weighted by Gasteiger charge is -2.07. The minimum atomic E-state index is -4.41. The summed E-state index contributed by atoms with van der Waals surface area (Å²) in [6.45, 7) is 0. The minimum absolute atomic E-state index is 0.159. The van der Waals surface area contributed by atoms with Gasteiger partial charge < -0.3 is 5.32 Å². The van der Waals surface area contributed by atoms with Crippen LogP contribution in [-0.2, 0) is 11.0 Å². The maximum atomic E-state index is 12.7. The number of benzene rings is 2. The lowest BCUT2D eigenvalue weighted by Crippen LogP contribution is -2.12. The van der Waals surface area contributed by atoms with Crippen LogP contribution in [0.2, 0.25) is 0 Å². The fourth-order valence-electron chi connectivity index (χ4n) is 2.30. The van der Waals surface area contributed by atoms with Crippen LogP contribution in [0.3, 0.4) is 0 Å². The molecule has 0 saturated heterocycles. The maximum absolute atomic E-state index is 12.7. The minimum Gasteiger partial charge on any atom is -0.325 e. The zero-order chi connectivity index (χ0) is 15.7. The van der Waals surface area contributed by atoms with Crippen molar-refractivity contribution in [2.24, 2.45) is 4.99 Å². The summed E-state index contributed by atoms with van der Waals surface area (Å²) in [5, 5.41) is 2.71. The van der Waals surface area contributed by atoms with Gasteiger partial charge in [0.25, 0.3) is 0 Å². The van der Waals surface area contributed by atoms with E-state index in [4.69, 9.17) is 0 Å². The molecule has 0 radical (unpaired) electrons. The van der Waals surface area contributed by atoms with Gasteiger partial charge in [-0.2, -0.15) is 13.2 Å². The number of carbonyl (C=O) groups is 1. The molecule has 6 heteroatoms. The van der Waals surface area contributed by atoms with Crippen molar-refractivity contribution in [1.82, 2.24) is 0 Å². The van der Waals surface area contributed by atoms with E-state index < -0.39 is 17.7 Å². The number of hydrogen-bond acceptors (Lipinski definition) is 2. The smallest absolute Gasteiger partial charge is 0.325 e. The Hall–Kier alpha value is -2.63. The van der Waals surface area contributed by atoms with Crippen LogP contribution in [0, 0.1) is 0 Å². The Morgan fingerprint density at radius 1 is 1.09 bits per heavy atom. The molecule has 112 valence electrons. The first-order valence-electron chi connectivity index (χ1n) is 6.56. The third kappa shape index (κ3) is 2.72. The molecule has 1 heterocycles. The molecule has 3 rings (SSSR count). The van der Waals surface area contributed by atoms with Crippen LogP contribution in [0.1, 0.15) is 17.0 Å². The summed E-state index contributed by atoms with van der Waals surface area (Å²) < 4.78 is 38.0. The third-order valence-electron chi connectivity index (χ3n) is 3.38. The summed E-state index contributed by atoms with van der Waals surface area (Å²) in [6, 6.07) is 11.8. The molecule has 0 bridgehead atoms. The third-order valence-corrected chi connectivity index (χ3v) is 3.38. The Bertz CT molecular complexity index is 753. The van der Waals surface area contributed by atoms with E-state index in [0.29, 0.717) is 5.69 Å². The van der Waals surface area contributed by atoms with Gasteiger partial charge in [0.15, 0.2) is 0 Å². The van der Waals surface area contributed by atoms with Crippen molar-refractivity contribution < 1.29 is 18.0 Å². The first-order valence-corrected chi connectivity index (χ1v) is 6.56. The Morgan fingerprint density at radius 3 is 2.64 bits per heavy atom. The average Bonchev–Trinajstić information content (AvgIpc) is 2.80. The average molecular weight is 304 g/mol. The first-order chi connectivity index (χ1) is 10.4. The van der Waals surface area contributed by atoms with E-state index in [9.17, 15) is 18.0 Å². The van der Waals surface area contributed by atoms with Crippen LogP contribution in [0.15, 0.2) is 53.5 Å². The molecule has 1 aliphatic rings. The number of carbonyl (C=O) groups excluding carboxylic acids is 1. The van der Waals surface area contributed by atoms with Crippen LogP contribution in [0.25, 0.3) is 0 Å². The molecule has 0 aromatic heterocycles. The predicted octanol–water partition coefficient (Wildman–Crippen LogP) is 4.14. The zero-order valence-electron chi connectivity index (χ0n) is 11.3. The number of nitrogens with zero attached hydrogens (tertiary/aromatic N) is 1.